The Kier molecular flexibility index (Phi) is 1.61. The first kappa shape index (κ1) is 6.41. The number of hydrogen-bond donors (Lipinski definition) is 1. The monoisotopic (exact) mass is 189 g/mol. The fourth-order valence-corrected chi connectivity index (χ4v) is 0.637. The van der Waals surface area contributed by atoms with Crippen LogP contribution in [0.5, 0.6) is 0 Å². The molecule has 0 bridgehead atoms. The zero-order chi connectivity index (χ0) is 6.85. The molecule has 0 atom stereocenters. The molecule has 0 radical (unpaired) electrons. The molecule has 9 heavy (non-hydrogen) atoms. The van der Waals surface area contributed by atoms with E-state index >= 15 is 0 Å². The van der Waals surface area contributed by atoms with Crippen molar-refractivity contribution in [2.24, 2.45) is 16.0 Å². The number of Topliss-reactive ketones (excluding diaryl/α,β-unsaturated/α-hetero) is 1. The van der Waals surface area contributed by atoms with Crippen LogP contribution in [0.2, 0.25) is 0 Å². The molecule has 0 aliphatic carbocycles. The maximum Gasteiger partial charge on any atom is 0.196 e. The summed E-state index contributed by atoms with van der Waals surface area (Å²) in [5.41, 5.74) is 5.22. The molecule has 0 amide bonds. The highest BCUT2D eigenvalue weighted by Gasteiger charge is 2.13. The zero-order valence-corrected chi connectivity index (χ0v) is 6.05. The molecule has 0 spiro atoms. The standard InChI is InChI=1S/C4H4BrN3O/c5-3-2(9)1-7-8-4(3)6/h1,6H2. The van der Waals surface area contributed by atoms with Crippen molar-refractivity contribution < 1.29 is 4.79 Å². The molecule has 1 aliphatic heterocycles. The summed E-state index contributed by atoms with van der Waals surface area (Å²) in [6.07, 6.45) is 0. The molecule has 1 heterocycles. The number of ketones is 1. The molecule has 0 saturated carbocycles. The van der Waals surface area contributed by atoms with Crippen molar-refractivity contribution >= 4 is 21.7 Å². The normalized spacial score (nSPS) is 19.0. The smallest absolute Gasteiger partial charge is 0.196 e. The summed E-state index contributed by atoms with van der Waals surface area (Å²) in [4.78, 5) is 10.7. The Morgan fingerprint density at radius 3 is 2.78 bits per heavy atom. The molecule has 48 valence electrons. The topological polar surface area (TPSA) is 67.8 Å². The van der Waals surface area contributed by atoms with E-state index in [1.165, 1.54) is 0 Å². The van der Waals surface area contributed by atoms with Crippen LogP contribution >= 0.6 is 15.9 Å². The Hall–Kier alpha value is -0.710. The van der Waals surface area contributed by atoms with E-state index in [0.29, 0.717) is 4.48 Å². The largest absolute Gasteiger partial charge is 0.381 e. The highest BCUT2D eigenvalue weighted by atomic mass is 79.9. The van der Waals surface area contributed by atoms with Crippen LogP contribution in [0.3, 0.4) is 0 Å². The van der Waals surface area contributed by atoms with E-state index < -0.39 is 0 Å². The lowest BCUT2D eigenvalue weighted by Crippen LogP contribution is -2.11. The lowest BCUT2D eigenvalue weighted by atomic mass is 10.3. The minimum absolute atomic E-state index is 0.0985. The first-order valence-electron chi connectivity index (χ1n) is 2.28. The molecule has 4 nitrogen and oxygen atoms in total. The fourth-order valence-electron chi connectivity index (χ4n) is 0.432. The Balaban J connectivity index is 2.97. The second-order valence-electron chi connectivity index (χ2n) is 1.52. The Morgan fingerprint density at radius 1 is 1.67 bits per heavy atom. The summed E-state index contributed by atoms with van der Waals surface area (Å²) in [7, 11) is 0. The van der Waals surface area contributed by atoms with Gasteiger partial charge in [-0.1, -0.05) is 0 Å². The molecule has 2 N–H and O–H groups in total. The van der Waals surface area contributed by atoms with Gasteiger partial charge >= 0.3 is 0 Å². The van der Waals surface area contributed by atoms with Crippen molar-refractivity contribution in [3.05, 3.63) is 10.3 Å². The zero-order valence-electron chi connectivity index (χ0n) is 4.47. The maximum atomic E-state index is 10.7. The summed E-state index contributed by atoms with van der Waals surface area (Å²) in [6, 6.07) is 0. The second kappa shape index (κ2) is 2.26. The third kappa shape index (κ3) is 1.16. The molecule has 0 aromatic heterocycles. The minimum Gasteiger partial charge on any atom is -0.381 e. The molecule has 0 unspecified atom stereocenters. The first-order valence-corrected chi connectivity index (χ1v) is 3.07. The van der Waals surface area contributed by atoms with Crippen LogP contribution in [0.1, 0.15) is 0 Å². The highest BCUT2D eigenvalue weighted by molar-refractivity contribution is 9.12. The van der Waals surface area contributed by atoms with Crippen molar-refractivity contribution in [1.29, 1.82) is 0 Å². The van der Waals surface area contributed by atoms with Crippen LogP contribution in [-0.2, 0) is 4.79 Å². The van der Waals surface area contributed by atoms with E-state index in [9.17, 15) is 4.79 Å². The molecule has 0 fully saturated rings. The van der Waals surface area contributed by atoms with Crippen LogP contribution in [-0.4, -0.2) is 12.3 Å². The summed E-state index contributed by atoms with van der Waals surface area (Å²) in [5, 5.41) is 6.93. The number of carbonyl (C=O) groups is 1. The van der Waals surface area contributed by atoms with Gasteiger partial charge in [-0.2, -0.15) is 5.11 Å². The van der Waals surface area contributed by atoms with Gasteiger partial charge in [0.25, 0.3) is 0 Å². The van der Waals surface area contributed by atoms with Gasteiger partial charge in [0.15, 0.2) is 11.6 Å². The van der Waals surface area contributed by atoms with Crippen LogP contribution < -0.4 is 5.73 Å². The van der Waals surface area contributed by atoms with Gasteiger partial charge in [-0.25, -0.2) is 0 Å². The van der Waals surface area contributed by atoms with Gasteiger partial charge in [0, 0.05) is 0 Å². The number of halogens is 1. The highest BCUT2D eigenvalue weighted by Crippen LogP contribution is 2.14. The van der Waals surface area contributed by atoms with Gasteiger partial charge in [0.1, 0.15) is 11.0 Å². The lowest BCUT2D eigenvalue weighted by molar-refractivity contribution is -0.113. The number of hydrogen-bond acceptors (Lipinski definition) is 4. The van der Waals surface area contributed by atoms with Crippen LogP contribution in [0.15, 0.2) is 20.5 Å². The van der Waals surface area contributed by atoms with Crippen molar-refractivity contribution in [3.8, 4) is 0 Å². The number of rotatable bonds is 0. The predicted molar refractivity (Wildman–Crippen MR) is 34.9 cm³/mol. The molecule has 1 aliphatic rings. The molecule has 5 heteroatoms. The van der Waals surface area contributed by atoms with E-state index in [1.807, 2.05) is 0 Å². The van der Waals surface area contributed by atoms with Crippen LogP contribution in [0.4, 0.5) is 0 Å². The van der Waals surface area contributed by atoms with Gasteiger partial charge in [0.2, 0.25) is 0 Å². The third-order valence-corrected chi connectivity index (χ3v) is 1.71. The summed E-state index contributed by atoms with van der Waals surface area (Å²) in [5.74, 6) is 0.0359. The van der Waals surface area contributed by atoms with Crippen molar-refractivity contribution in [3.63, 3.8) is 0 Å². The van der Waals surface area contributed by atoms with Crippen molar-refractivity contribution in [2.75, 3.05) is 6.54 Å². The van der Waals surface area contributed by atoms with E-state index in [2.05, 4.69) is 26.2 Å². The number of nitrogens with zero attached hydrogens (tertiary/aromatic N) is 2. The summed E-state index contributed by atoms with van der Waals surface area (Å²) < 4.78 is 0.331. The quantitative estimate of drug-likeness (QED) is 0.605. The van der Waals surface area contributed by atoms with Crippen molar-refractivity contribution in [1.82, 2.24) is 0 Å². The predicted octanol–water partition coefficient (Wildman–Crippen LogP) is 0.544. The maximum absolute atomic E-state index is 10.7. The van der Waals surface area contributed by atoms with Crippen molar-refractivity contribution in [2.45, 2.75) is 0 Å². The fraction of sp³-hybridized carbons (Fsp3) is 0.250. The minimum atomic E-state index is -0.123. The van der Waals surface area contributed by atoms with Crippen LogP contribution in [0.25, 0.3) is 0 Å². The molecule has 1 rings (SSSR count). The molecule has 0 saturated heterocycles. The lowest BCUT2D eigenvalue weighted by Gasteiger charge is -2.01. The Labute approximate surface area is 60.0 Å². The Bertz CT molecular complexity index is 208. The first-order chi connectivity index (χ1) is 4.22. The Morgan fingerprint density at radius 2 is 2.33 bits per heavy atom. The third-order valence-electron chi connectivity index (χ3n) is 0.862. The van der Waals surface area contributed by atoms with Gasteiger partial charge in [0.05, 0.1) is 0 Å². The van der Waals surface area contributed by atoms with Gasteiger partial charge in [-0.3, -0.25) is 4.79 Å². The summed E-state index contributed by atoms with van der Waals surface area (Å²) >= 11 is 2.97. The van der Waals surface area contributed by atoms with E-state index in [1.54, 1.807) is 0 Å². The molecular weight excluding hydrogens is 186 g/mol. The van der Waals surface area contributed by atoms with E-state index in [0.717, 1.165) is 0 Å². The average molecular weight is 190 g/mol. The van der Waals surface area contributed by atoms with Gasteiger partial charge in [-0.05, 0) is 15.9 Å². The van der Waals surface area contributed by atoms with E-state index in [-0.39, 0.29) is 18.1 Å². The molecular formula is C4H4BrN3O. The summed E-state index contributed by atoms with van der Waals surface area (Å²) in [6.45, 7) is 0.0985. The number of nitrogens with two attached hydrogens (primary N) is 1. The number of carbonyl (C=O) groups excluding carboxylic acids is 1. The number of azo groups is 1. The van der Waals surface area contributed by atoms with E-state index in [4.69, 9.17) is 5.73 Å². The SMILES string of the molecule is NC1=C(Br)C(=O)CN=N1. The average Bonchev–Trinajstić information content (AvgIpc) is 1.83. The van der Waals surface area contributed by atoms with Gasteiger partial charge < -0.3 is 5.73 Å². The molecule has 0 aromatic rings. The molecule has 0 aromatic carbocycles. The second-order valence-corrected chi connectivity index (χ2v) is 2.31. The van der Waals surface area contributed by atoms with Gasteiger partial charge in [-0.15, -0.1) is 5.11 Å². The van der Waals surface area contributed by atoms with Crippen LogP contribution in [0, 0.1) is 0 Å².